The molecule has 1 atom stereocenters. The van der Waals surface area contributed by atoms with Crippen LogP contribution in [-0.2, 0) is 11.3 Å². The molecule has 20 heavy (non-hydrogen) atoms. The zero-order valence-electron chi connectivity index (χ0n) is 11.7. The van der Waals surface area contributed by atoms with E-state index in [2.05, 4.69) is 4.98 Å². The number of aryl methyl sites for hydroxylation is 1. The van der Waals surface area contributed by atoms with Crippen LogP contribution in [0.25, 0.3) is 4.96 Å². The fourth-order valence-corrected chi connectivity index (χ4v) is 2.96. The molecule has 2 aromatic heterocycles. The van der Waals surface area contributed by atoms with E-state index in [0.29, 0.717) is 23.7 Å². The summed E-state index contributed by atoms with van der Waals surface area (Å²) in [6.07, 6.45) is 0. The van der Waals surface area contributed by atoms with Crippen molar-refractivity contribution in [3.8, 4) is 0 Å². The van der Waals surface area contributed by atoms with Gasteiger partial charge in [0, 0.05) is 30.2 Å². The highest BCUT2D eigenvalue weighted by molar-refractivity contribution is 7.15. The van der Waals surface area contributed by atoms with Crippen molar-refractivity contribution in [2.24, 2.45) is 5.92 Å². The van der Waals surface area contributed by atoms with E-state index in [9.17, 15) is 9.59 Å². The molecule has 0 bridgehead atoms. The molecule has 0 aliphatic rings. The van der Waals surface area contributed by atoms with E-state index in [1.807, 2.05) is 24.3 Å². The van der Waals surface area contributed by atoms with Gasteiger partial charge in [-0.05, 0) is 14.0 Å². The third-order valence-corrected chi connectivity index (χ3v) is 4.01. The van der Waals surface area contributed by atoms with Crippen LogP contribution in [0.3, 0.4) is 0 Å². The number of thiazole rings is 1. The molecule has 0 amide bonds. The summed E-state index contributed by atoms with van der Waals surface area (Å²) in [4.78, 5) is 29.8. The SMILES string of the molecule is Cc1csc2nc(CN(C)CC(C)C(=O)O)cc(=O)n12. The summed E-state index contributed by atoms with van der Waals surface area (Å²) in [7, 11) is 1.82. The Morgan fingerprint density at radius 1 is 1.60 bits per heavy atom. The molecule has 0 aromatic carbocycles. The van der Waals surface area contributed by atoms with E-state index >= 15 is 0 Å². The van der Waals surface area contributed by atoms with Gasteiger partial charge in [-0.25, -0.2) is 4.98 Å². The van der Waals surface area contributed by atoms with Gasteiger partial charge in [-0.3, -0.25) is 18.9 Å². The summed E-state index contributed by atoms with van der Waals surface area (Å²) >= 11 is 1.43. The zero-order valence-corrected chi connectivity index (χ0v) is 12.5. The molecule has 0 saturated heterocycles. The Balaban J connectivity index is 2.18. The Hall–Kier alpha value is -1.73. The predicted molar refractivity (Wildman–Crippen MR) is 77.2 cm³/mol. The normalized spacial score (nSPS) is 13.0. The van der Waals surface area contributed by atoms with E-state index < -0.39 is 11.9 Å². The van der Waals surface area contributed by atoms with Crippen LogP contribution in [0.1, 0.15) is 18.3 Å². The highest BCUT2D eigenvalue weighted by Crippen LogP contribution is 2.12. The Bertz CT molecular complexity index is 692. The minimum Gasteiger partial charge on any atom is -0.481 e. The molecule has 0 aliphatic heterocycles. The second-order valence-electron chi connectivity index (χ2n) is 5.02. The van der Waals surface area contributed by atoms with E-state index in [-0.39, 0.29) is 5.56 Å². The molecular formula is C13H17N3O3S. The van der Waals surface area contributed by atoms with Gasteiger partial charge in [0.05, 0.1) is 11.6 Å². The Morgan fingerprint density at radius 2 is 2.30 bits per heavy atom. The molecule has 1 N–H and O–H groups in total. The van der Waals surface area contributed by atoms with E-state index in [0.717, 1.165) is 5.69 Å². The molecule has 0 fully saturated rings. The third-order valence-electron chi connectivity index (χ3n) is 3.07. The fraction of sp³-hybridized carbons (Fsp3) is 0.462. The molecule has 1 unspecified atom stereocenters. The lowest BCUT2D eigenvalue weighted by molar-refractivity contribution is -0.141. The first-order chi connectivity index (χ1) is 9.38. The smallest absolute Gasteiger partial charge is 0.307 e. The highest BCUT2D eigenvalue weighted by Gasteiger charge is 2.15. The largest absolute Gasteiger partial charge is 0.481 e. The standard InChI is InChI=1S/C13H17N3O3S/c1-8(12(18)19)5-15(3)6-10-4-11(17)16-9(2)7-20-13(16)14-10/h4,7-8H,5-6H2,1-3H3,(H,18,19). The number of carbonyl (C=O) groups is 1. The van der Waals surface area contributed by atoms with Crippen LogP contribution in [0.5, 0.6) is 0 Å². The monoisotopic (exact) mass is 295 g/mol. The molecule has 0 radical (unpaired) electrons. The first-order valence-electron chi connectivity index (χ1n) is 6.26. The number of fused-ring (bicyclic) bond motifs is 1. The summed E-state index contributed by atoms with van der Waals surface area (Å²) in [6.45, 7) is 4.40. The van der Waals surface area contributed by atoms with Crippen molar-refractivity contribution in [2.75, 3.05) is 13.6 Å². The van der Waals surface area contributed by atoms with Crippen molar-refractivity contribution in [1.29, 1.82) is 0 Å². The summed E-state index contributed by atoms with van der Waals surface area (Å²) in [5.41, 5.74) is 1.45. The molecule has 0 saturated carbocycles. The lowest BCUT2D eigenvalue weighted by Crippen LogP contribution is -2.29. The molecule has 7 heteroatoms. The summed E-state index contributed by atoms with van der Waals surface area (Å²) in [5, 5.41) is 10.8. The van der Waals surface area contributed by atoms with Gasteiger partial charge in [0.1, 0.15) is 0 Å². The van der Waals surface area contributed by atoms with Gasteiger partial charge in [-0.2, -0.15) is 0 Å². The number of aliphatic carboxylic acids is 1. The molecule has 6 nitrogen and oxygen atoms in total. The van der Waals surface area contributed by atoms with E-state index in [1.165, 1.54) is 17.4 Å². The van der Waals surface area contributed by atoms with Crippen molar-refractivity contribution >= 4 is 22.3 Å². The van der Waals surface area contributed by atoms with Crippen molar-refractivity contribution < 1.29 is 9.90 Å². The lowest BCUT2D eigenvalue weighted by Gasteiger charge is -2.18. The lowest BCUT2D eigenvalue weighted by atomic mass is 10.2. The van der Waals surface area contributed by atoms with Crippen LogP contribution in [0.4, 0.5) is 0 Å². The van der Waals surface area contributed by atoms with Gasteiger partial charge in [0.2, 0.25) is 0 Å². The maximum atomic E-state index is 12.0. The van der Waals surface area contributed by atoms with Crippen molar-refractivity contribution in [1.82, 2.24) is 14.3 Å². The molecule has 0 spiro atoms. The van der Waals surface area contributed by atoms with Crippen LogP contribution < -0.4 is 5.56 Å². The van der Waals surface area contributed by atoms with Crippen molar-refractivity contribution in [3.05, 3.63) is 33.2 Å². The molecule has 2 rings (SSSR count). The van der Waals surface area contributed by atoms with Gasteiger partial charge >= 0.3 is 5.97 Å². The maximum absolute atomic E-state index is 12.0. The second kappa shape index (κ2) is 5.72. The number of carboxylic acids is 1. The number of nitrogens with zero attached hydrogens (tertiary/aromatic N) is 3. The average Bonchev–Trinajstić information content (AvgIpc) is 2.70. The number of hydrogen-bond donors (Lipinski definition) is 1. The van der Waals surface area contributed by atoms with Crippen LogP contribution in [-0.4, -0.2) is 39.0 Å². The second-order valence-corrected chi connectivity index (χ2v) is 5.85. The van der Waals surface area contributed by atoms with Crippen LogP contribution in [0.15, 0.2) is 16.2 Å². The van der Waals surface area contributed by atoms with Crippen LogP contribution in [0, 0.1) is 12.8 Å². The number of carboxylic acid groups (broad SMARTS) is 1. The summed E-state index contributed by atoms with van der Waals surface area (Å²) < 4.78 is 1.58. The predicted octanol–water partition coefficient (Wildman–Crippen LogP) is 1.22. The Labute approximate surface area is 120 Å². The first kappa shape index (κ1) is 14.7. The third kappa shape index (κ3) is 3.05. The zero-order chi connectivity index (χ0) is 14.9. The van der Waals surface area contributed by atoms with E-state index in [1.54, 1.807) is 11.3 Å². The Morgan fingerprint density at radius 3 is 2.95 bits per heavy atom. The van der Waals surface area contributed by atoms with Crippen LogP contribution >= 0.6 is 11.3 Å². The molecule has 2 aromatic rings. The van der Waals surface area contributed by atoms with Crippen molar-refractivity contribution in [2.45, 2.75) is 20.4 Å². The fourth-order valence-electron chi connectivity index (χ4n) is 2.07. The molecule has 2 heterocycles. The van der Waals surface area contributed by atoms with Crippen LogP contribution in [0.2, 0.25) is 0 Å². The minimum absolute atomic E-state index is 0.0940. The van der Waals surface area contributed by atoms with Crippen molar-refractivity contribution in [3.63, 3.8) is 0 Å². The van der Waals surface area contributed by atoms with Gasteiger partial charge in [0.25, 0.3) is 5.56 Å². The maximum Gasteiger partial charge on any atom is 0.307 e. The molecular weight excluding hydrogens is 278 g/mol. The number of rotatable bonds is 5. The Kier molecular flexibility index (Phi) is 4.20. The summed E-state index contributed by atoms with van der Waals surface area (Å²) in [6, 6.07) is 1.51. The molecule has 108 valence electrons. The van der Waals surface area contributed by atoms with Gasteiger partial charge in [-0.1, -0.05) is 6.92 Å². The van der Waals surface area contributed by atoms with Gasteiger partial charge in [-0.15, -0.1) is 11.3 Å². The quantitative estimate of drug-likeness (QED) is 0.897. The van der Waals surface area contributed by atoms with Gasteiger partial charge in [0.15, 0.2) is 4.96 Å². The topological polar surface area (TPSA) is 74.9 Å². The summed E-state index contributed by atoms with van der Waals surface area (Å²) in [5.74, 6) is -1.27. The number of hydrogen-bond acceptors (Lipinski definition) is 5. The highest BCUT2D eigenvalue weighted by atomic mass is 32.1. The van der Waals surface area contributed by atoms with E-state index in [4.69, 9.17) is 5.11 Å². The minimum atomic E-state index is -0.825. The number of aromatic nitrogens is 2. The average molecular weight is 295 g/mol. The first-order valence-corrected chi connectivity index (χ1v) is 7.14. The van der Waals surface area contributed by atoms with Gasteiger partial charge < -0.3 is 5.11 Å². The molecule has 0 aliphatic carbocycles.